The first-order valence-electron chi connectivity index (χ1n) is 3.97. The van der Waals surface area contributed by atoms with Crippen LogP contribution in [0.3, 0.4) is 0 Å². The van der Waals surface area contributed by atoms with Gasteiger partial charge in [0.2, 0.25) is 0 Å². The van der Waals surface area contributed by atoms with Crippen LogP contribution in [-0.2, 0) is 6.42 Å². The van der Waals surface area contributed by atoms with Gasteiger partial charge in [-0.3, -0.25) is 0 Å². The average molecular weight is 169 g/mol. The average Bonchev–Trinajstić information content (AvgIpc) is 2.32. The molecular weight excluding hydrogens is 154 g/mol. The topological polar surface area (TPSA) is 12.9 Å². The summed E-state index contributed by atoms with van der Waals surface area (Å²) in [6.07, 6.45) is 2.34. The SMILES string of the molecule is CC(C)(C)CCc1ccsn1. The van der Waals surface area contributed by atoms with Crippen molar-refractivity contribution >= 4 is 11.5 Å². The van der Waals surface area contributed by atoms with Gasteiger partial charge >= 0.3 is 0 Å². The smallest absolute Gasteiger partial charge is 0.0542 e. The Balaban J connectivity index is 2.35. The third kappa shape index (κ3) is 3.51. The second-order valence-corrected chi connectivity index (χ2v) is 4.72. The lowest BCUT2D eigenvalue weighted by molar-refractivity contribution is 0.377. The van der Waals surface area contributed by atoms with E-state index in [0.29, 0.717) is 5.41 Å². The maximum absolute atomic E-state index is 4.26. The van der Waals surface area contributed by atoms with Crippen molar-refractivity contribution in [2.75, 3.05) is 0 Å². The first-order valence-corrected chi connectivity index (χ1v) is 4.81. The van der Waals surface area contributed by atoms with Crippen LogP contribution in [0, 0.1) is 5.41 Å². The minimum Gasteiger partial charge on any atom is -0.198 e. The van der Waals surface area contributed by atoms with Gasteiger partial charge in [0.25, 0.3) is 0 Å². The summed E-state index contributed by atoms with van der Waals surface area (Å²) >= 11 is 1.54. The number of aryl methyl sites for hydroxylation is 1. The van der Waals surface area contributed by atoms with Crippen LogP contribution in [0.25, 0.3) is 0 Å². The summed E-state index contributed by atoms with van der Waals surface area (Å²) in [6.45, 7) is 6.79. The molecule has 11 heavy (non-hydrogen) atoms. The van der Waals surface area contributed by atoms with Crippen LogP contribution in [0.2, 0.25) is 0 Å². The molecule has 1 aromatic heterocycles. The highest BCUT2D eigenvalue weighted by Crippen LogP contribution is 2.20. The van der Waals surface area contributed by atoms with E-state index in [-0.39, 0.29) is 0 Å². The third-order valence-electron chi connectivity index (χ3n) is 1.62. The van der Waals surface area contributed by atoms with E-state index in [1.54, 1.807) is 11.5 Å². The fourth-order valence-corrected chi connectivity index (χ4v) is 1.44. The van der Waals surface area contributed by atoms with Gasteiger partial charge < -0.3 is 0 Å². The Bertz CT molecular complexity index is 196. The van der Waals surface area contributed by atoms with E-state index < -0.39 is 0 Å². The van der Waals surface area contributed by atoms with Gasteiger partial charge in [-0.1, -0.05) is 20.8 Å². The van der Waals surface area contributed by atoms with Gasteiger partial charge in [0, 0.05) is 5.38 Å². The Hall–Kier alpha value is -0.370. The number of hydrogen-bond donors (Lipinski definition) is 0. The summed E-state index contributed by atoms with van der Waals surface area (Å²) < 4.78 is 4.26. The predicted octanol–water partition coefficient (Wildman–Crippen LogP) is 3.12. The van der Waals surface area contributed by atoms with Crippen molar-refractivity contribution in [1.29, 1.82) is 0 Å². The second-order valence-electron chi connectivity index (χ2n) is 4.05. The Morgan fingerprint density at radius 1 is 1.45 bits per heavy atom. The lowest BCUT2D eigenvalue weighted by atomic mass is 9.90. The van der Waals surface area contributed by atoms with Crippen LogP contribution in [0.5, 0.6) is 0 Å². The van der Waals surface area contributed by atoms with Gasteiger partial charge in [-0.15, -0.1) is 0 Å². The molecule has 0 atom stereocenters. The molecule has 0 aliphatic carbocycles. The zero-order valence-electron chi connectivity index (χ0n) is 7.42. The van der Waals surface area contributed by atoms with E-state index in [4.69, 9.17) is 0 Å². The van der Waals surface area contributed by atoms with Crippen LogP contribution in [0.4, 0.5) is 0 Å². The Morgan fingerprint density at radius 2 is 2.18 bits per heavy atom. The molecule has 0 aliphatic heterocycles. The van der Waals surface area contributed by atoms with Crippen LogP contribution in [-0.4, -0.2) is 4.37 Å². The van der Waals surface area contributed by atoms with Gasteiger partial charge in [0.15, 0.2) is 0 Å². The Morgan fingerprint density at radius 3 is 2.64 bits per heavy atom. The maximum atomic E-state index is 4.26. The second kappa shape index (κ2) is 3.35. The van der Waals surface area contributed by atoms with E-state index in [0.717, 1.165) is 6.42 Å². The van der Waals surface area contributed by atoms with E-state index in [1.165, 1.54) is 12.1 Å². The number of rotatable bonds is 2. The highest BCUT2D eigenvalue weighted by atomic mass is 32.1. The molecule has 62 valence electrons. The summed E-state index contributed by atoms with van der Waals surface area (Å²) in [5.74, 6) is 0. The molecule has 0 aromatic carbocycles. The molecule has 2 heteroatoms. The fourth-order valence-electron chi connectivity index (χ4n) is 0.870. The largest absolute Gasteiger partial charge is 0.198 e. The normalized spacial score (nSPS) is 11.9. The van der Waals surface area contributed by atoms with Crippen molar-refractivity contribution < 1.29 is 0 Å². The summed E-state index contributed by atoms with van der Waals surface area (Å²) in [5, 5.41) is 2.04. The molecule has 0 saturated carbocycles. The van der Waals surface area contributed by atoms with E-state index in [2.05, 4.69) is 31.2 Å². The van der Waals surface area contributed by atoms with Crippen molar-refractivity contribution in [2.24, 2.45) is 5.41 Å². The zero-order chi connectivity index (χ0) is 8.32. The molecule has 0 unspecified atom stereocenters. The molecule has 0 saturated heterocycles. The summed E-state index contributed by atoms with van der Waals surface area (Å²) in [6, 6.07) is 2.11. The minimum atomic E-state index is 0.434. The first kappa shape index (κ1) is 8.72. The van der Waals surface area contributed by atoms with Crippen molar-refractivity contribution in [3.63, 3.8) is 0 Å². The maximum Gasteiger partial charge on any atom is 0.0542 e. The van der Waals surface area contributed by atoms with Crippen molar-refractivity contribution in [3.05, 3.63) is 17.1 Å². The van der Waals surface area contributed by atoms with Gasteiger partial charge in [-0.2, -0.15) is 4.37 Å². The molecule has 1 aromatic rings. The monoisotopic (exact) mass is 169 g/mol. The highest BCUT2D eigenvalue weighted by molar-refractivity contribution is 7.03. The molecule has 1 heterocycles. The summed E-state index contributed by atoms with van der Waals surface area (Å²) in [7, 11) is 0. The van der Waals surface area contributed by atoms with Gasteiger partial charge in [-0.25, -0.2) is 0 Å². The van der Waals surface area contributed by atoms with Crippen LogP contribution in [0.15, 0.2) is 11.4 Å². The van der Waals surface area contributed by atoms with E-state index >= 15 is 0 Å². The highest BCUT2D eigenvalue weighted by Gasteiger charge is 2.10. The van der Waals surface area contributed by atoms with Crippen molar-refractivity contribution in [2.45, 2.75) is 33.6 Å². The van der Waals surface area contributed by atoms with Crippen LogP contribution < -0.4 is 0 Å². The summed E-state index contributed by atoms with van der Waals surface area (Å²) in [5.41, 5.74) is 1.67. The predicted molar refractivity (Wildman–Crippen MR) is 49.9 cm³/mol. The number of hydrogen-bond acceptors (Lipinski definition) is 2. The van der Waals surface area contributed by atoms with Crippen molar-refractivity contribution in [1.82, 2.24) is 4.37 Å². The minimum absolute atomic E-state index is 0.434. The number of nitrogens with zero attached hydrogens (tertiary/aromatic N) is 1. The molecule has 0 radical (unpaired) electrons. The van der Waals surface area contributed by atoms with Crippen LogP contribution >= 0.6 is 11.5 Å². The molecular formula is C9H15NS. The quantitative estimate of drug-likeness (QED) is 0.663. The van der Waals surface area contributed by atoms with E-state index in [9.17, 15) is 0 Å². The molecule has 0 N–H and O–H groups in total. The molecule has 0 bridgehead atoms. The zero-order valence-corrected chi connectivity index (χ0v) is 8.24. The Kier molecular flexibility index (Phi) is 2.66. The third-order valence-corrected chi connectivity index (χ3v) is 2.22. The Labute approximate surface area is 72.6 Å². The first-order chi connectivity index (χ1) is 5.08. The standard InChI is InChI=1S/C9H15NS/c1-9(2,3)6-4-8-5-7-11-10-8/h5,7H,4,6H2,1-3H3. The van der Waals surface area contributed by atoms with Crippen molar-refractivity contribution in [3.8, 4) is 0 Å². The summed E-state index contributed by atoms with van der Waals surface area (Å²) in [4.78, 5) is 0. The molecule has 0 amide bonds. The molecule has 1 rings (SSSR count). The lowest BCUT2D eigenvalue weighted by Crippen LogP contribution is -2.06. The molecule has 0 aliphatic rings. The van der Waals surface area contributed by atoms with Gasteiger partial charge in [0.1, 0.15) is 0 Å². The fraction of sp³-hybridized carbons (Fsp3) is 0.667. The van der Waals surface area contributed by atoms with Gasteiger partial charge in [-0.05, 0) is 35.9 Å². The lowest BCUT2D eigenvalue weighted by Gasteiger charge is -2.16. The number of aromatic nitrogens is 1. The molecule has 0 fully saturated rings. The van der Waals surface area contributed by atoms with Crippen LogP contribution in [0.1, 0.15) is 32.9 Å². The molecule has 0 spiro atoms. The molecule has 1 nitrogen and oxygen atoms in total. The van der Waals surface area contributed by atoms with Gasteiger partial charge in [0.05, 0.1) is 5.69 Å². The van der Waals surface area contributed by atoms with E-state index in [1.807, 2.05) is 5.38 Å².